The molecule has 0 N–H and O–H groups in total. The summed E-state index contributed by atoms with van der Waals surface area (Å²) in [7, 11) is 0. The monoisotopic (exact) mass is 710 g/mol. The number of ether oxygens (including phenoxy) is 11. The van der Waals surface area contributed by atoms with E-state index < -0.39 is 36.1 Å². The first kappa shape index (κ1) is 47.6. The molecule has 0 bridgehead atoms. The molecule has 0 radical (unpaired) electrons. The molecule has 0 aliphatic rings. The molecular weight excluding hydrogens is 640 g/mol. The van der Waals surface area contributed by atoms with Crippen LogP contribution in [0.15, 0.2) is 0 Å². The number of hydrogen-bond donors (Lipinski definition) is 0. The maximum absolute atomic E-state index is 13.2. The van der Waals surface area contributed by atoms with E-state index in [4.69, 9.17) is 52.1 Å². The van der Waals surface area contributed by atoms with E-state index in [1.54, 1.807) is 41.5 Å². The van der Waals surface area contributed by atoms with Gasteiger partial charge in [-0.1, -0.05) is 52.4 Å². The zero-order valence-electron chi connectivity index (χ0n) is 32.2. The zero-order chi connectivity index (χ0) is 36.9. The van der Waals surface area contributed by atoms with Crippen LogP contribution in [0.25, 0.3) is 0 Å². The van der Waals surface area contributed by atoms with E-state index in [9.17, 15) is 9.59 Å². The fraction of sp³-hybridized carbons (Fsp3) is 0.944. The van der Waals surface area contributed by atoms with Gasteiger partial charge in [-0.2, -0.15) is 0 Å². The Labute approximate surface area is 296 Å². The summed E-state index contributed by atoms with van der Waals surface area (Å²) in [5.74, 6) is -6.84. The number of rotatable bonds is 35. The Morgan fingerprint density at radius 3 is 1.33 bits per heavy atom. The van der Waals surface area contributed by atoms with Crippen LogP contribution in [-0.4, -0.2) is 95.6 Å². The number of unbranched alkanes of at least 4 members (excludes halogenated alkanes) is 7. The molecule has 0 aliphatic carbocycles. The minimum Gasteiger partial charge on any atom is -0.404 e. The lowest BCUT2D eigenvalue weighted by Gasteiger charge is -2.44. The van der Waals surface area contributed by atoms with Gasteiger partial charge in [-0.25, -0.2) is 0 Å². The summed E-state index contributed by atoms with van der Waals surface area (Å²) in [6.07, 6.45) is 7.14. The first-order valence-electron chi connectivity index (χ1n) is 18.8. The number of carbonyl (C=O) groups excluding carboxylic acids is 2. The second-order valence-corrected chi connectivity index (χ2v) is 11.1. The fourth-order valence-electron chi connectivity index (χ4n) is 4.98. The van der Waals surface area contributed by atoms with Gasteiger partial charge in [-0.15, -0.1) is 0 Å². The van der Waals surface area contributed by atoms with Crippen molar-refractivity contribution in [1.29, 1.82) is 0 Å². The van der Waals surface area contributed by atoms with Crippen LogP contribution in [0.4, 0.5) is 0 Å². The van der Waals surface area contributed by atoms with Crippen molar-refractivity contribution in [2.45, 2.75) is 164 Å². The normalized spacial score (nSPS) is 13.1. The van der Waals surface area contributed by atoms with Gasteiger partial charge in [0.15, 0.2) is 0 Å². The molecule has 0 amide bonds. The first-order chi connectivity index (χ1) is 23.7. The molecule has 292 valence electrons. The van der Waals surface area contributed by atoms with Crippen molar-refractivity contribution >= 4 is 11.9 Å². The second kappa shape index (κ2) is 29.2. The first-order valence-corrected chi connectivity index (χ1v) is 18.8. The van der Waals surface area contributed by atoms with Crippen molar-refractivity contribution in [2.24, 2.45) is 0 Å². The van der Waals surface area contributed by atoms with Gasteiger partial charge in [0.05, 0.1) is 39.6 Å². The summed E-state index contributed by atoms with van der Waals surface area (Å²) in [6.45, 7) is 18.9. The standard InChI is InChI=1S/C36H70O13/c1-10-19-25-29-40-33(39-12-3)34(41-13-4,42-14-5)48-31(37)27-23-21-22-24-28-32(38)49-36(45-17-8,46-18-9)35(43-15-6,44-16-7)47-30-26-20-11-2/h33H,10-30H2,1-9H3. The van der Waals surface area contributed by atoms with Crippen molar-refractivity contribution in [2.75, 3.05) is 59.5 Å². The van der Waals surface area contributed by atoms with Gasteiger partial charge in [0, 0.05) is 32.7 Å². The van der Waals surface area contributed by atoms with Gasteiger partial charge >= 0.3 is 29.9 Å². The van der Waals surface area contributed by atoms with Crippen LogP contribution in [0.3, 0.4) is 0 Å². The van der Waals surface area contributed by atoms with Gasteiger partial charge < -0.3 is 52.1 Å². The molecule has 0 spiro atoms. The predicted octanol–water partition coefficient (Wildman–Crippen LogP) is 7.37. The molecule has 1 unspecified atom stereocenters. The van der Waals surface area contributed by atoms with Gasteiger partial charge in [-0.05, 0) is 74.1 Å². The van der Waals surface area contributed by atoms with Gasteiger partial charge in [0.2, 0.25) is 0 Å². The van der Waals surface area contributed by atoms with E-state index in [2.05, 4.69) is 13.8 Å². The highest BCUT2D eigenvalue weighted by Gasteiger charge is 2.63. The number of carbonyl (C=O) groups is 2. The van der Waals surface area contributed by atoms with E-state index in [1.165, 1.54) is 0 Å². The summed E-state index contributed by atoms with van der Waals surface area (Å²) in [5, 5.41) is 0. The molecule has 49 heavy (non-hydrogen) atoms. The van der Waals surface area contributed by atoms with Crippen molar-refractivity contribution in [3.63, 3.8) is 0 Å². The van der Waals surface area contributed by atoms with E-state index in [0.29, 0.717) is 45.5 Å². The van der Waals surface area contributed by atoms with E-state index in [-0.39, 0.29) is 52.5 Å². The van der Waals surface area contributed by atoms with Crippen LogP contribution in [0.5, 0.6) is 0 Å². The zero-order valence-corrected chi connectivity index (χ0v) is 32.2. The third-order valence-corrected chi connectivity index (χ3v) is 7.08. The smallest absolute Gasteiger partial charge is 0.404 e. The second-order valence-electron chi connectivity index (χ2n) is 11.1. The molecule has 0 heterocycles. The van der Waals surface area contributed by atoms with Crippen molar-refractivity contribution in [3.05, 3.63) is 0 Å². The van der Waals surface area contributed by atoms with Gasteiger partial charge in [0.1, 0.15) is 0 Å². The molecule has 0 aromatic rings. The molecule has 0 aromatic heterocycles. The molecule has 13 nitrogen and oxygen atoms in total. The average molecular weight is 711 g/mol. The van der Waals surface area contributed by atoms with E-state index in [1.807, 2.05) is 6.92 Å². The predicted molar refractivity (Wildman–Crippen MR) is 184 cm³/mol. The van der Waals surface area contributed by atoms with E-state index in [0.717, 1.165) is 38.5 Å². The largest absolute Gasteiger partial charge is 0.416 e. The molecule has 13 heteroatoms. The fourth-order valence-corrected chi connectivity index (χ4v) is 4.98. The maximum atomic E-state index is 13.2. The molecule has 0 rings (SSSR count). The Balaban J connectivity index is 5.38. The highest BCUT2D eigenvalue weighted by molar-refractivity contribution is 5.70. The summed E-state index contributed by atoms with van der Waals surface area (Å²) in [6, 6.07) is 0. The molecular formula is C36H70O13. The van der Waals surface area contributed by atoms with Crippen LogP contribution >= 0.6 is 0 Å². The Hall–Kier alpha value is -1.42. The SMILES string of the molecule is CCCCCOC(OCC)C(OCC)(OCC)OC(=O)CCCCCCC(=O)OC(OCC)(OCC)C(OCC)(OCC)OCCCCC. The number of hydrogen-bond acceptors (Lipinski definition) is 13. The minimum absolute atomic E-state index is 0.0830. The van der Waals surface area contributed by atoms with Gasteiger partial charge in [0.25, 0.3) is 6.29 Å². The minimum atomic E-state index is -2.07. The van der Waals surface area contributed by atoms with Crippen LogP contribution in [0.1, 0.15) is 139 Å². The van der Waals surface area contributed by atoms with Crippen LogP contribution in [0, 0.1) is 0 Å². The highest BCUT2D eigenvalue weighted by atomic mass is 17.0. The van der Waals surface area contributed by atoms with Gasteiger partial charge in [-0.3, -0.25) is 9.59 Å². The van der Waals surface area contributed by atoms with Crippen molar-refractivity contribution in [3.8, 4) is 0 Å². The van der Waals surface area contributed by atoms with Crippen molar-refractivity contribution in [1.82, 2.24) is 0 Å². The highest BCUT2D eigenvalue weighted by Crippen LogP contribution is 2.37. The molecule has 0 aliphatic heterocycles. The topological polar surface area (TPSA) is 136 Å². The van der Waals surface area contributed by atoms with Crippen LogP contribution in [0.2, 0.25) is 0 Å². The Kier molecular flexibility index (Phi) is 28.3. The quantitative estimate of drug-likeness (QED) is 0.0368. The van der Waals surface area contributed by atoms with E-state index >= 15 is 0 Å². The Bertz CT molecular complexity index is 792. The molecule has 0 aromatic carbocycles. The molecule has 0 saturated carbocycles. The lowest BCUT2D eigenvalue weighted by Crippen LogP contribution is -2.65. The lowest BCUT2D eigenvalue weighted by atomic mass is 10.1. The average Bonchev–Trinajstić information content (AvgIpc) is 3.06. The maximum Gasteiger partial charge on any atom is 0.416 e. The Morgan fingerprint density at radius 1 is 0.429 bits per heavy atom. The Morgan fingerprint density at radius 2 is 0.878 bits per heavy atom. The summed E-state index contributed by atoms with van der Waals surface area (Å²) in [4.78, 5) is 26.2. The number of esters is 2. The van der Waals surface area contributed by atoms with Crippen molar-refractivity contribution < 1.29 is 61.7 Å². The summed E-state index contributed by atoms with van der Waals surface area (Å²) < 4.78 is 65.0. The van der Waals surface area contributed by atoms with Crippen LogP contribution < -0.4 is 0 Å². The third kappa shape index (κ3) is 17.6. The van der Waals surface area contributed by atoms with Crippen LogP contribution in [-0.2, 0) is 61.7 Å². The summed E-state index contributed by atoms with van der Waals surface area (Å²) >= 11 is 0. The lowest BCUT2D eigenvalue weighted by molar-refractivity contribution is -0.550. The molecule has 0 fully saturated rings. The third-order valence-electron chi connectivity index (χ3n) is 7.08. The molecule has 0 saturated heterocycles. The molecule has 1 atom stereocenters. The summed E-state index contributed by atoms with van der Waals surface area (Å²) in [5.41, 5.74) is 0.